The number of nitrogens with two attached hydrogens (primary N) is 1. The van der Waals surface area contributed by atoms with E-state index in [0.717, 1.165) is 28.3 Å². The van der Waals surface area contributed by atoms with Crippen LogP contribution in [0.5, 0.6) is 0 Å². The van der Waals surface area contributed by atoms with Gasteiger partial charge in [-0.15, -0.1) is 0 Å². The molecule has 0 saturated heterocycles. The zero-order valence-electron chi connectivity index (χ0n) is 18.6. The number of anilines is 1. The van der Waals surface area contributed by atoms with E-state index in [1.165, 1.54) is 16.8 Å². The fourth-order valence-electron chi connectivity index (χ4n) is 4.12. The predicted octanol–water partition coefficient (Wildman–Crippen LogP) is 5.26. The van der Waals surface area contributed by atoms with Crippen molar-refractivity contribution in [2.75, 3.05) is 5.32 Å². The number of hydrogen-bond acceptors (Lipinski definition) is 4. The minimum absolute atomic E-state index is 0.116. The van der Waals surface area contributed by atoms with E-state index >= 15 is 0 Å². The van der Waals surface area contributed by atoms with Crippen LogP contribution in [0.15, 0.2) is 102 Å². The summed E-state index contributed by atoms with van der Waals surface area (Å²) in [5.74, 6) is 0. The lowest BCUT2D eigenvalue weighted by atomic mass is 10.1. The number of nitrogens with zero attached hydrogens (tertiary/aromatic N) is 2. The second-order valence-electron chi connectivity index (χ2n) is 8.19. The summed E-state index contributed by atoms with van der Waals surface area (Å²) in [4.78, 5) is 0.116. The Balaban J connectivity index is 1.38. The van der Waals surface area contributed by atoms with Crippen LogP contribution in [-0.2, 0) is 16.6 Å². The molecule has 34 heavy (non-hydrogen) atoms. The molecule has 0 radical (unpaired) electrons. The molecule has 0 atom stereocenters. The van der Waals surface area contributed by atoms with Gasteiger partial charge in [0.1, 0.15) is 0 Å². The van der Waals surface area contributed by atoms with E-state index in [2.05, 4.69) is 41.7 Å². The lowest BCUT2D eigenvalue weighted by molar-refractivity contribution is 0.598. The average molecular weight is 469 g/mol. The molecule has 0 aliphatic carbocycles. The highest BCUT2D eigenvalue weighted by Gasteiger charge is 2.14. The first-order valence-corrected chi connectivity index (χ1v) is 12.4. The van der Waals surface area contributed by atoms with Gasteiger partial charge in [-0.25, -0.2) is 18.2 Å². The summed E-state index contributed by atoms with van der Waals surface area (Å²) in [7, 11) is -3.81. The molecule has 5 rings (SSSR count). The van der Waals surface area contributed by atoms with Gasteiger partial charge < -0.3 is 5.32 Å². The third kappa shape index (κ3) is 4.44. The molecule has 1 heterocycles. The van der Waals surface area contributed by atoms with Crippen LogP contribution in [0.1, 0.15) is 11.4 Å². The highest BCUT2D eigenvalue weighted by molar-refractivity contribution is 7.89. The molecule has 6 nitrogen and oxygen atoms in total. The van der Waals surface area contributed by atoms with Crippen LogP contribution in [0.3, 0.4) is 0 Å². The summed E-state index contributed by atoms with van der Waals surface area (Å²) in [6, 6.07) is 31.0. The summed E-state index contributed by atoms with van der Waals surface area (Å²) in [5.41, 5.74) is 5.28. The molecule has 0 aliphatic heterocycles. The fraction of sp³-hybridized carbons (Fsp3) is 0.0741. The second-order valence-corrected chi connectivity index (χ2v) is 9.72. The van der Waals surface area contributed by atoms with Crippen molar-refractivity contribution in [1.29, 1.82) is 0 Å². The molecule has 0 fully saturated rings. The van der Waals surface area contributed by atoms with E-state index in [1.807, 2.05) is 48.0 Å². The molecule has 5 aromatic rings. The lowest BCUT2D eigenvalue weighted by Crippen LogP contribution is -2.13. The zero-order chi connectivity index (χ0) is 23.7. The van der Waals surface area contributed by atoms with Gasteiger partial charge in [0.2, 0.25) is 10.0 Å². The number of benzene rings is 4. The minimum Gasteiger partial charge on any atom is -0.379 e. The number of rotatable bonds is 6. The molecular weight excluding hydrogens is 444 g/mol. The van der Waals surface area contributed by atoms with Crippen molar-refractivity contribution in [2.45, 2.75) is 18.4 Å². The number of hydrogen-bond donors (Lipinski definition) is 2. The van der Waals surface area contributed by atoms with Crippen LogP contribution in [0.25, 0.3) is 27.6 Å². The summed E-state index contributed by atoms with van der Waals surface area (Å²) in [6.45, 7) is 2.57. The van der Waals surface area contributed by atoms with Crippen molar-refractivity contribution in [3.05, 3.63) is 108 Å². The average Bonchev–Trinajstić information content (AvgIpc) is 3.22. The molecular formula is C27H24N4O2S. The van der Waals surface area contributed by atoms with E-state index < -0.39 is 10.0 Å². The Morgan fingerprint density at radius 1 is 0.853 bits per heavy atom. The standard InChI is InChI=1S/C27H24N4O2S/c1-19-16-25(31(30-19)24-15-12-20-6-2-3-7-22(20)17-24)18-29-23-13-10-21(11-14-23)26-8-4-5-9-27(26)34(28,32)33/h2-17,29H,18H2,1H3,(H2,28,32,33). The fourth-order valence-corrected chi connectivity index (χ4v) is 4.89. The zero-order valence-corrected chi connectivity index (χ0v) is 19.5. The van der Waals surface area contributed by atoms with E-state index in [1.54, 1.807) is 18.2 Å². The Kier molecular flexibility index (Phi) is 5.65. The normalized spacial score (nSPS) is 11.6. The number of sulfonamides is 1. The van der Waals surface area contributed by atoms with E-state index in [9.17, 15) is 8.42 Å². The van der Waals surface area contributed by atoms with E-state index in [4.69, 9.17) is 10.2 Å². The van der Waals surface area contributed by atoms with Gasteiger partial charge in [0.05, 0.1) is 28.5 Å². The van der Waals surface area contributed by atoms with Crippen LogP contribution in [0.2, 0.25) is 0 Å². The first-order chi connectivity index (χ1) is 16.4. The first-order valence-electron chi connectivity index (χ1n) is 10.9. The maximum atomic E-state index is 11.9. The second kappa shape index (κ2) is 8.78. The first kappa shape index (κ1) is 21.9. The third-order valence-corrected chi connectivity index (χ3v) is 6.72. The van der Waals surface area contributed by atoms with Crippen LogP contribution in [0.4, 0.5) is 5.69 Å². The Labute approximate surface area is 198 Å². The Bertz CT molecular complexity index is 1590. The number of aromatic nitrogens is 2. The maximum absolute atomic E-state index is 11.9. The van der Waals surface area contributed by atoms with Crippen LogP contribution < -0.4 is 10.5 Å². The molecule has 1 aromatic heterocycles. The lowest BCUT2D eigenvalue weighted by Gasteiger charge is -2.12. The van der Waals surface area contributed by atoms with Crippen molar-refractivity contribution in [3.8, 4) is 16.8 Å². The smallest absolute Gasteiger partial charge is 0.238 e. The predicted molar refractivity (Wildman–Crippen MR) is 136 cm³/mol. The number of aryl methyl sites for hydroxylation is 1. The molecule has 0 saturated carbocycles. The van der Waals surface area contributed by atoms with Crippen molar-refractivity contribution in [3.63, 3.8) is 0 Å². The SMILES string of the molecule is Cc1cc(CNc2ccc(-c3ccccc3S(N)(=O)=O)cc2)n(-c2ccc3ccccc3c2)n1. The molecule has 7 heteroatoms. The Morgan fingerprint density at radius 2 is 1.56 bits per heavy atom. The van der Waals surface area contributed by atoms with Gasteiger partial charge in [0, 0.05) is 11.3 Å². The van der Waals surface area contributed by atoms with Gasteiger partial charge in [-0.3, -0.25) is 0 Å². The number of fused-ring (bicyclic) bond motifs is 1. The highest BCUT2D eigenvalue weighted by Crippen LogP contribution is 2.28. The van der Waals surface area contributed by atoms with Gasteiger partial charge in [0.15, 0.2) is 0 Å². The summed E-state index contributed by atoms with van der Waals surface area (Å²) in [6.07, 6.45) is 0. The number of primary sulfonamides is 1. The van der Waals surface area contributed by atoms with Crippen LogP contribution in [-0.4, -0.2) is 18.2 Å². The molecule has 3 N–H and O–H groups in total. The molecule has 170 valence electrons. The van der Waals surface area contributed by atoms with E-state index in [-0.39, 0.29) is 4.90 Å². The van der Waals surface area contributed by atoms with Crippen LogP contribution in [0, 0.1) is 6.92 Å². The molecule has 0 bridgehead atoms. The van der Waals surface area contributed by atoms with Gasteiger partial charge in [-0.1, -0.05) is 60.7 Å². The maximum Gasteiger partial charge on any atom is 0.238 e. The Hall–Kier alpha value is -3.94. The number of nitrogens with one attached hydrogen (secondary N) is 1. The van der Waals surface area contributed by atoms with E-state index in [0.29, 0.717) is 12.1 Å². The van der Waals surface area contributed by atoms with Gasteiger partial charge in [-0.05, 0) is 59.7 Å². The molecule has 0 amide bonds. The van der Waals surface area contributed by atoms with Crippen molar-refractivity contribution in [1.82, 2.24) is 9.78 Å². The highest BCUT2D eigenvalue weighted by atomic mass is 32.2. The third-order valence-electron chi connectivity index (χ3n) is 5.75. The van der Waals surface area contributed by atoms with Crippen molar-refractivity contribution in [2.24, 2.45) is 5.14 Å². The van der Waals surface area contributed by atoms with Crippen molar-refractivity contribution < 1.29 is 8.42 Å². The minimum atomic E-state index is -3.81. The largest absolute Gasteiger partial charge is 0.379 e. The molecule has 0 unspecified atom stereocenters. The summed E-state index contributed by atoms with van der Waals surface area (Å²) >= 11 is 0. The molecule has 0 aliphatic rings. The Morgan fingerprint density at radius 3 is 2.32 bits per heavy atom. The van der Waals surface area contributed by atoms with Gasteiger partial charge in [-0.2, -0.15) is 5.10 Å². The summed E-state index contributed by atoms with van der Waals surface area (Å²) < 4.78 is 25.8. The topological polar surface area (TPSA) is 90.0 Å². The van der Waals surface area contributed by atoms with Gasteiger partial charge >= 0.3 is 0 Å². The summed E-state index contributed by atoms with van der Waals surface area (Å²) in [5, 5.41) is 15.9. The van der Waals surface area contributed by atoms with Crippen LogP contribution >= 0.6 is 0 Å². The van der Waals surface area contributed by atoms with Crippen molar-refractivity contribution >= 4 is 26.5 Å². The molecule has 0 spiro atoms. The monoisotopic (exact) mass is 468 g/mol. The quantitative estimate of drug-likeness (QED) is 0.356. The molecule has 4 aromatic carbocycles. The van der Waals surface area contributed by atoms with Gasteiger partial charge in [0.25, 0.3) is 0 Å².